The zero-order valence-corrected chi connectivity index (χ0v) is 34.6. The highest BCUT2D eigenvalue weighted by Crippen LogP contribution is 2.54. The van der Waals surface area contributed by atoms with E-state index in [0.29, 0.717) is 35.8 Å². The third kappa shape index (κ3) is 6.59. The molecule has 0 N–H and O–H groups in total. The predicted octanol–water partition coefficient (Wildman–Crippen LogP) is 11.4. The van der Waals surface area contributed by atoms with Crippen molar-refractivity contribution in [2.75, 3.05) is 26.9 Å². The summed E-state index contributed by atoms with van der Waals surface area (Å²) in [4.78, 5) is 37.3. The molecule has 2 aliphatic heterocycles. The lowest BCUT2D eigenvalue weighted by molar-refractivity contribution is -0.107. The quantitative estimate of drug-likeness (QED) is 0.109. The summed E-state index contributed by atoms with van der Waals surface area (Å²) in [7, 11) is 0. The first-order valence-corrected chi connectivity index (χ1v) is 21.0. The monoisotopic (exact) mass is 822 g/mol. The Morgan fingerprint density at radius 2 is 0.661 bits per heavy atom. The van der Waals surface area contributed by atoms with E-state index in [1.54, 1.807) is 19.6 Å². The first kappa shape index (κ1) is 38.7. The highest BCUT2D eigenvalue weighted by molar-refractivity contribution is 5.89. The lowest BCUT2D eigenvalue weighted by Crippen LogP contribution is -2.67. The van der Waals surface area contributed by atoms with Crippen LogP contribution >= 0.6 is 0 Å². The molecule has 10 nitrogen and oxygen atoms in total. The van der Waals surface area contributed by atoms with Crippen molar-refractivity contribution in [3.05, 3.63) is 170 Å². The molecule has 0 atom stereocenters. The zero-order chi connectivity index (χ0) is 42.3. The van der Waals surface area contributed by atoms with Crippen LogP contribution in [0, 0.1) is 0 Å². The van der Waals surface area contributed by atoms with E-state index >= 15 is 9.59 Å². The predicted molar refractivity (Wildman–Crippen MR) is 242 cm³/mol. The summed E-state index contributed by atoms with van der Waals surface area (Å²) in [5.41, 5.74) is -2.67. The van der Waals surface area contributed by atoms with Crippen LogP contribution in [0.5, 0.6) is 23.0 Å². The van der Waals surface area contributed by atoms with Crippen LogP contribution in [0.4, 0.5) is 9.59 Å². The maximum absolute atomic E-state index is 15.4. The van der Waals surface area contributed by atoms with Gasteiger partial charge in [0, 0.05) is 0 Å². The Morgan fingerprint density at radius 1 is 0.387 bits per heavy atom. The van der Waals surface area contributed by atoms with Gasteiger partial charge in [-0.3, -0.25) is 19.6 Å². The average molecular weight is 823 g/mol. The van der Waals surface area contributed by atoms with Crippen LogP contribution in [0.15, 0.2) is 170 Å². The van der Waals surface area contributed by atoms with Crippen LogP contribution in [0.1, 0.15) is 26.7 Å². The van der Waals surface area contributed by atoms with Gasteiger partial charge in [0.25, 0.3) is 0 Å². The van der Waals surface area contributed by atoms with Gasteiger partial charge in [0.1, 0.15) is 23.0 Å². The molecule has 8 aromatic rings. The molecule has 0 aliphatic carbocycles. The zero-order valence-electron chi connectivity index (χ0n) is 34.6. The van der Waals surface area contributed by atoms with Crippen molar-refractivity contribution in [2.45, 2.75) is 38.0 Å². The number of fused-ring (bicyclic) bond motifs is 5. The maximum Gasteiger partial charge on any atom is 0.329 e. The van der Waals surface area contributed by atoms with Crippen molar-refractivity contribution in [3.8, 4) is 23.0 Å². The summed E-state index contributed by atoms with van der Waals surface area (Å²) in [6.45, 7) is 3.35. The molecule has 0 radical (unpaired) electrons. The van der Waals surface area contributed by atoms with Gasteiger partial charge in [0.15, 0.2) is 38.2 Å². The number of amides is 4. The van der Waals surface area contributed by atoms with E-state index in [-0.39, 0.29) is 39.0 Å². The van der Waals surface area contributed by atoms with E-state index in [4.69, 9.17) is 18.9 Å². The van der Waals surface area contributed by atoms with Gasteiger partial charge in [0.2, 0.25) is 0 Å². The molecular formula is C52H46N4O6. The number of benzene rings is 8. The molecule has 0 aromatic heterocycles. The Hall–Kier alpha value is -7.46. The first-order valence-electron chi connectivity index (χ1n) is 21.0. The molecule has 0 bridgehead atoms. The van der Waals surface area contributed by atoms with Gasteiger partial charge in [-0.05, 0) is 105 Å². The van der Waals surface area contributed by atoms with Gasteiger partial charge in [-0.15, -0.1) is 0 Å². The Kier molecular flexibility index (Phi) is 9.90. The SMILES string of the molecule is CCCC12N(COc3ccc4ccccc4c3)C(=O)N(COc3ccc4ccccc4c3)C1(C)N(COc1ccc3ccccc3c1)C(=O)N2COc1ccc2ccccc2c1. The number of ether oxygens (including phenoxy) is 4. The molecule has 0 saturated carbocycles. The summed E-state index contributed by atoms with van der Waals surface area (Å²) in [5.74, 6) is 2.37. The van der Waals surface area contributed by atoms with Crippen molar-refractivity contribution in [1.82, 2.24) is 19.6 Å². The summed E-state index contributed by atoms with van der Waals surface area (Å²) in [5, 5.41) is 8.33. The van der Waals surface area contributed by atoms with Gasteiger partial charge >= 0.3 is 12.1 Å². The molecule has 10 rings (SSSR count). The summed E-state index contributed by atoms with van der Waals surface area (Å²) >= 11 is 0. The van der Waals surface area contributed by atoms with E-state index < -0.39 is 11.3 Å². The third-order valence-electron chi connectivity index (χ3n) is 12.5. The number of hydrogen-bond acceptors (Lipinski definition) is 6. The average Bonchev–Trinajstić information content (AvgIpc) is 3.59. The molecule has 310 valence electrons. The highest BCUT2D eigenvalue weighted by atomic mass is 16.5. The van der Waals surface area contributed by atoms with Crippen LogP contribution in [-0.2, 0) is 0 Å². The van der Waals surface area contributed by atoms with E-state index in [0.717, 1.165) is 43.1 Å². The van der Waals surface area contributed by atoms with Crippen LogP contribution in [0.25, 0.3) is 43.1 Å². The number of carbonyl (C=O) groups is 2. The molecular weight excluding hydrogens is 777 g/mol. The van der Waals surface area contributed by atoms with Gasteiger partial charge in [-0.2, -0.15) is 0 Å². The molecule has 2 saturated heterocycles. The highest BCUT2D eigenvalue weighted by Gasteiger charge is 2.77. The third-order valence-corrected chi connectivity index (χ3v) is 12.5. The van der Waals surface area contributed by atoms with Crippen LogP contribution in [0.3, 0.4) is 0 Å². The first-order chi connectivity index (χ1) is 30.4. The fourth-order valence-electron chi connectivity index (χ4n) is 9.34. The number of nitrogens with zero attached hydrogens (tertiary/aromatic N) is 4. The normalized spacial score (nSPS) is 18.6. The minimum Gasteiger partial charge on any atom is -0.473 e. The number of rotatable bonds is 14. The van der Waals surface area contributed by atoms with Crippen molar-refractivity contribution in [1.29, 1.82) is 0 Å². The summed E-state index contributed by atoms with van der Waals surface area (Å²) in [6.07, 6.45) is 1.01. The minimum atomic E-state index is -1.36. The van der Waals surface area contributed by atoms with Crippen molar-refractivity contribution in [2.24, 2.45) is 0 Å². The maximum atomic E-state index is 15.4. The number of carbonyl (C=O) groups excluding carboxylic acids is 2. The number of hydrogen-bond donors (Lipinski definition) is 0. The van der Waals surface area contributed by atoms with Crippen molar-refractivity contribution < 1.29 is 28.5 Å². The van der Waals surface area contributed by atoms with Crippen molar-refractivity contribution >= 4 is 55.2 Å². The lowest BCUT2D eigenvalue weighted by atomic mass is 9.89. The Bertz CT molecular complexity index is 2780. The molecule has 0 spiro atoms. The standard InChI is InChI=1S/C52H46N4O6/c1-3-28-52-51(2,53(33-59-45-24-20-37-12-4-8-16-41(37)29-45)49(57)55(52)35-61-47-26-22-39-14-6-10-18-43(39)31-47)54(34-60-46-25-21-38-13-5-9-17-42(38)30-46)50(58)56(52)36-62-48-27-23-40-15-7-11-19-44(40)32-48/h4-27,29-32H,3,28,33-36H2,1-2H3. The topological polar surface area (TPSA) is 84.0 Å². The number of urea groups is 2. The molecule has 2 heterocycles. The Balaban J connectivity index is 1.06. The summed E-state index contributed by atoms with van der Waals surface area (Å²) < 4.78 is 26.2. The van der Waals surface area contributed by atoms with Crippen LogP contribution < -0.4 is 18.9 Å². The largest absolute Gasteiger partial charge is 0.473 e. The van der Waals surface area contributed by atoms with E-state index in [9.17, 15) is 0 Å². The fourth-order valence-corrected chi connectivity index (χ4v) is 9.34. The smallest absolute Gasteiger partial charge is 0.329 e. The molecule has 0 unspecified atom stereocenters. The lowest BCUT2D eigenvalue weighted by Gasteiger charge is -2.47. The van der Waals surface area contributed by atoms with E-state index in [1.165, 1.54) is 0 Å². The van der Waals surface area contributed by atoms with Gasteiger partial charge in [-0.1, -0.05) is 135 Å². The molecule has 10 heteroatoms. The Labute approximate surface area is 360 Å². The molecule has 8 aromatic carbocycles. The second-order valence-corrected chi connectivity index (χ2v) is 16.0. The molecule has 2 aliphatic rings. The van der Waals surface area contributed by atoms with Crippen LogP contribution in [0.2, 0.25) is 0 Å². The fraction of sp³-hybridized carbons (Fsp3) is 0.192. The Morgan fingerprint density at radius 3 is 0.952 bits per heavy atom. The molecule has 62 heavy (non-hydrogen) atoms. The van der Waals surface area contributed by atoms with Crippen molar-refractivity contribution in [3.63, 3.8) is 0 Å². The van der Waals surface area contributed by atoms with E-state index in [1.807, 2.05) is 177 Å². The van der Waals surface area contributed by atoms with Gasteiger partial charge < -0.3 is 18.9 Å². The minimum absolute atomic E-state index is 0.154. The molecule has 2 fully saturated rings. The van der Waals surface area contributed by atoms with Gasteiger partial charge in [-0.25, -0.2) is 9.59 Å². The van der Waals surface area contributed by atoms with Crippen LogP contribution in [-0.4, -0.2) is 69.9 Å². The van der Waals surface area contributed by atoms with E-state index in [2.05, 4.69) is 6.92 Å². The van der Waals surface area contributed by atoms with Gasteiger partial charge in [0.05, 0.1) is 0 Å². The molecule has 4 amide bonds. The second kappa shape index (κ2) is 15.9. The second-order valence-electron chi connectivity index (χ2n) is 16.0. The summed E-state index contributed by atoms with van der Waals surface area (Å²) in [6, 6.07) is 54.9.